The van der Waals surface area contributed by atoms with Crippen molar-refractivity contribution in [1.29, 1.82) is 0 Å². The Morgan fingerprint density at radius 3 is 2.75 bits per heavy atom. The predicted molar refractivity (Wildman–Crippen MR) is 35.4 cm³/mol. The van der Waals surface area contributed by atoms with Gasteiger partial charge in [0.15, 0.2) is 0 Å². The molecule has 1 atom stereocenters. The summed E-state index contributed by atoms with van der Waals surface area (Å²) in [5.74, 6) is 1.59. The van der Waals surface area contributed by atoms with Gasteiger partial charge in [-0.2, -0.15) is 0 Å². The zero-order valence-electron chi connectivity index (χ0n) is 5.48. The summed E-state index contributed by atoms with van der Waals surface area (Å²) in [5.41, 5.74) is 5.70. The highest BCUT2D eigenvalue weighted by Crippen LogP contribution is 2.23. The van der Waals surface area contributed by atoms with Crippen LogP contribution < -0.4 is 5.73 Å². The highest BCUT2D eigenvalue weighted by Gasteiger charge is 2.14. The molecule has 1 fully saturated rings. The molecule has 0 aromatic carbocycles. The molecule has 1 aliphatic carbocycles. The van der Waals surface area contributed by atoms with Crippen molar-refractivity contribution in [3.05, 3.63) is 5.92 Å². The average molecular weight is 112 g/mol. The highest BCUT2D eigenvalue weighted by atomic mass is 14.6. The van der Waals surface area contributed by atoms with Crippen LogP contribution in [0.1, 0.15) is 32.6 Å². The molecule has 0 spiro atoms. The highest BCUT2D eigenvalue weighted by molar-refractivity contribution is 4.92. The maximum absolute atomic E-state index is 5.70. The van der Waals surface area contributed by atoms with Gasteiger partial charge in [0.25, 0.3) is 0 Å². The third kappa shape index (κ3) is 1.48. The first kappa shape index (κ1) is 6.09. The topological polar surface area (TPSA) is 26.0 Å². The summed E-state index contributed by atoms with van der Waals surface area (Å²) in [6.45, 7) is 2.21. The van der Waals surface area contributed by atoms with Crippen LogP contribution in [0.4, 0.5) is 0 Å². The molecular weight excluding hydrogens is 98.1 g/mol. The van der Waals surface area contributed by atoms with E-state index in [1.807, 2.05) is 0 Å². The first-order chi connectivity index (χ1) is 3.79. The van der Waals surface area contributed by atoms with E-state index in [-0.39, 0.29) is 0 Å². The van der Waals surface area contributed by atoms with Gasteiger partial charge in [-0.05, 0) is 25.2 Å². The van der Waals surface area contributed by atoms with E-state index in [9.17, 15) is 0 Å². The minimum absolute atomic E-state index is 0.476. The van der Waals surface area contributed by atoms with Crippen LogP contribution in [0.2, 0.25) is 0 Å². The van der Waals surface area contributed by atoms with Gasteiger partial charge in [-0.3, -0.25) is 0 Å². The number of nitrogens with two attached hydrogens (primary N) is 1. The van der Waals surface area contributed by atoms with Crippen LogP contribution in [0.25, 0.3) is 0 Å². The van der Waals surface area contributed by atoms with Gasteiger partial charge in [0.1, 0.15) is 0 Å². The van der Waals surface area contributed by atoms with Crippen molar-refractivity contribution in [2.24, 2.45) is 5.73 Å². The van der Waals surface area contributed by atoms with Gasteiger partial charge in [0.2, 0.25) is 0 Å². The number of hydrogen-bond donors (Lipinski definition) is 1. The van der Waals surface area contributed by atoms with E-state index in [1.165, 1.54) is 25.7 Å². The fraction of sp³-hybridized carbons (Fsp3) is 0.857. The Kier molecular flexibility index (Phi) is 1.90. The predicted octanol–water partition coefficient (Wildman–Crippen LogP) is 1.48. The van der Waals surface area contributed by atoms with Gasteiger partial charge in [0, 0.05) is 6.04 Å². The summed E-state index contributed by atoms with van der Waals surface area (Å²) < 4.78 is 0. The van der Waals surface area contributed by atoms with Crippen molar-refractivity contribution in [2.75, 3.05) is 0 Å². The molecule has 1 nitrogen and oxygen atoms in total. The van der Waals surface area contributed by atoms with Crippen LogP contribution in [0.5, 0.6) is 0 Å². The summed E-state index contributed by atoms with van der Waals surface area (Å²) in [7, 11) is 0. The molecule has 0 amide bonds. The lowest BCUT2D eigenvalue weighted by atomic mass is 9.88. The van der Waals surface area contributed by atoms with E-state index in [0.29, 0.717) is 6.04 Å². The molecule has 0 heterocycles. The molecule has 0 bridgehead atoms. The van der Waals surface area contributed by atoms with Crippen molar-refractivity contribution in [3.8, 4) is 0 Å². The van der Waals surface area contributed by atoms with Crippen molar-refractivity contribution in [2.45, 2.75) is 38.6 Å². The molecule has 47 valence electrons. The zero-order chi connectivity index (χ0) is 5.98. The summed E-state index contributed by atoms with van der Waals surface area (Å²) in [6, 6.07) is 0.476. The molecule has 1 saturated carbocycles. The average Bonchev–Trinajstić information content (AvgIpc) is 1.64. The molecule has 1 aliphatic rings. The molecule has 1 radical (unpaired) electrons. The van der Waals surface area contributed by atoms with Crippen molar-refractivity contribution >= 4 is 0 Å². The molecule has 1 unspecified atom stereocenters. The van der Waals surface area contributed by atoms with Crippen LogP contribution >= 0.6 is 0 Å². The maximum Gasteiger partial charge on any atom is 0.00442 e. The smallest absolute Gasteiger partial charge is 0.00442 e. The van der Waals surface area contributed by atoms with Crippen LogP contribution in [0.3, 0.4) is 0 Å². The lowest BCUT2D eigenvalue weighted by Crippen LogP contribution is -2.25. The van der Waals surface area contributed by atoms with E-state index in [2.05, 4.69) is 6.92 Å². The zero-order valence-corrected chi connectivity index (χ0v) is 5.48. The normalized spacial score (nSPS) is 33.0. The third-order valence-electron chi connectivity index (χ3n) is 1.79. The fourth-order valence-corrected chi connectivity index (χ4v) is 1.32. The van der Waals surface area contributed by atoms with Crippen LogP contribution in [-0.4, -0.2) is 6.04 Å². The molecule has 0 aromatic rings. The van der Waals surface area contributed by atoms with Gasteiger partial charge < -0.3 is 5.73 Å². The molecule has 2 N–H and O–H groups in total. The second-order valence-electron chi connectivity index (χ2n) is 2.81. The van der Waals surface area contributed by atoms with E-state index in [0.717, 1.165) is 0 Å². The van der Waals surface area contributed by atoms with Crippen molar-refractivity contribution in [1.82, 2.24) is 0 Å². The van der Waals surface area contributed by atoms with Crippen LogP contribution in [0, 0.1) is 5.92 Å². The monoisotopic (exact) mass is 112 g/mol. The molecule has 0 aromatic heterocycles. The van der Waals surface area contributed by atoms with Gasteiger partial charge in [-0.25, -0.2) is 0 Å². The maximum atomic E-state index is 5.70. The Balaban J connectivity index is 2.23. The summed E-state index contributed by atoms with van der Waals surface area (Å²) >= 11 is 0. The molecular formula is C7H14N. The minimum Gasteiger partial charge on any atom is -0.328 e. The molecule has 0 aliphatic heterocycles. The number of rotatable bonds is 0. The Labute approximate surface area is 51.3 Å². The summed E-state index contributed by atoms with van der Waals surface area (Å²) in [5, 5.41) is 0. The largest absolute Gasteiger partial charge is 0.328 e. The third-order valence-corrected chi connectivity index (χ3v) is 1.79. The molecule has 0 saturated heterocycles. The summed E-state index contributed by atoms with van der Waals surface area (Å²) in [6.07, 6.45) is 5.03. The standard InChI is InChI=1S/C7H14N/c1-6-3-2-4-7(8)5-6/h7H,2-5,8H2,1H3. The quantitative estimate of drug-likeness (QED) is 0.504. The number of hydrogen-bond acceptors (Lipinski definition) is 1. The van der Waals surface area contributed by atoms with Crippen molar-refractivity contribution < 1.29 is 0 Å². The van der Waals surface area contributed by atoms with Gasteiger partial charge in [0.05, 0.1) is 0 Å². The second-order valence-corrected chi connectivity index (χ2v) is 2.81. The van der Waals surface area contributed by atoms with Crippen LogP contribution in [0.15, 0.2) is 0 Å². The lowest BCUT2D eigenvalue weighted by molar-refractivity contribution is 0.471. The van der Waals surface area contributed by atoms with E-state index in [1.54, 1.807) is 5.92 Å². The van der Waals surface area contributed by atoms with E-state index in [4.69, 9.17) is 5.73 Å². The summed E-state index contributed by atoms with van der Waals surface area (Å²) in [4.78, 5) is 0. The Bertz CT molecular complexity index is 62.8. The molecule has 8 heavy (non-hydrogen) atoms. The Morgan fingerprint density at radius 1 is 1.62 bits per heavy atom. The molecule has 1 heteroatoms. The van der Waals surface area contributed by atoms with Gasteiger partial charge in [-0.15, -0.1) is 0 Å². The van der Waals surface area contributed by atoms with Gasteiger partial charge >= 0.3 is 0 Å². The van der Waals surface area contributed by atoms with E-state index >= 15 is 0 Å². The molecule has 1 rings (SSSR count). The second kappa shape index (κ2) is 2.49. The van der Waals surface area contributed by atoms with Crippen molar-refractivity contribution in [3.63, 3.8) is 0 Å². The van der Waals surface area contributed by atoms with Gasteiger partial charge in [-0.1, -0.05) is 13.3 Å². The first-order valence-corrected chi connectivity index (χ1v) is 3.36. The lowest BCUT2D eigenvalue weighted by Gasteiger charge is -2.22. The minimum atomic E-state index is 0.476. The first-order valence-electron chi connectivity index (χ1n) is 3.36. The Hall–Kier alpha value is -0.0400. The SMILES string of the molecule is C[C]1CCCC(N)C1. The van der Waals surface area contributed by atoms with Crippen LogP contribution in [-0.2, 0) is 0 Å². The van der Waals surface area contributed by atoms with E-state index < -0.39 is 0 Å². The fourth-order valence-electron chi connectivity index (χ4n) is 1.32. The Morgan fingerprint density at radius 2 is 2.38 bits per heavy atom.